The minimum atomic E-state index is 0.0982. The van der Waals surface area contributed by atoms with Gasteiger partial charge in [0.15, 0.2) is 18.9 Å². The number of fused-ring (bicyclic) bond motifs is 1. The molecule has 0 N–H and O–H groups in total. The van der Waals surface area contributed by atoms with E-state index >= 15 is 0 Å². The van der Waals surface area contributed by atoms with E-state index in [1.54, 1.807) is 3.93 Å². The van der Waals surface area contributed by atoms with Crippen molar-refractivity contribution in [1.82, 2.24) is 0 Å². The number of hydrogen-bond acceptors (Lipinski definition) is 2. The molecular weight excluding hydrogens is 344 g/mol. The molecule has 1 aromatic carbocycles. The van der Waals surface area contributed by atoms with E-state index in [9.17, 15) is 4.79 Å². The highest BCUT2D eigenvalue weighted by Gasteiger charge is 2.22. The third-order valence-electron chi connectivity index (χ3n) is 3.70. The predicted octanol–water partition coefficient (Wildman–Crippen LogP) is 3.03. The lowest BCUT2D eigenvalue weighted by Gasteiger charge is -2.23. The summed E-state index contributed by atoms with van der Waals surface area (Å²) in [6, 6.07) is 11.9. The van der Waals surface area contributed by atoms with E-state index < -0.39 is 0 Å². The van der Waals surface area contributed by atoms with Crippen LogP contribution in [0.5, 0.6) is 5.75 Å². The fourth-order valence-electron chi connectivity index (χ4n) is 2.54. The average molecular weight is 362 g/mol. The fourth-order valence-corrected chi connectivity index (χ4v) is 3.06. The molecule has 0 unspecified atom stereocenters. The smallest absolute Gasteiger partial charge is 0.237 e. The van der Waals surface area contributed by atoms with Crippen LogP contribution >= 0.6 is 16.1 Å². The van der Waals surface area contributed by atoms with Crippen molar-refractivity contribution in [2.45, 2.75) is 25.8 Å². The van der Waals surface area contributed by atoms with E-state index in [0.29, 0.717) is 13.0 Å². The molecule has 2 heterocycles. The predicted molar refractivity (Wildman–Crippen MR) is 87.9 cm³/mol. The summed E-state index contributed by atoms with van der Waals surface area (Å²) in [6.07, 6.45) is 6.37. The molecule has 0 aliphatic carbocycles. The SMILES string of the molecule is O=C1CCc2cc(OCCC[n+]3ccccc3)ccc2N1Br. The van der Waals surface area contributed by atoms with Crippen LogP contribution in [0, 0.1) is 0 Å². The van der Waals surface area contributed by atoms with Crippen molar-refractivity contribution < 1.29 is 14.1 Å². The number of amides is 1. The Morgan fingerprint density at radius 2 is 2.00 bits per heavy atom. The van der Waals surface area contributed by atoms with Crippen LogP contribution in [-0.4, -0.2) is 12.5 Å². The Kier molecular flexibility index (Phi) is 4.73. The molecule has 2 aromatic rings. The van der Waals surface area contributed by atoms with Crippen LogP contribution in [0.2, 0.25) is 0 Å². The first-order valence-corrected chi connectivity index (χ1v) is 8.13. The van der Waals surface area contributed by atoms with Gasteiger partial charge in [-0.15, -0.1) is 0 Å². The van der Waals surface area contributed by atoms with Gasteiger partial charge in [0.2, 0.25) is 5.91 Å². The Labute approximate surface area is 138 Å². The topological polar surface area (TPSA) is 33.4 Å². The van der Waals surface area contributed by atoms with Crippen molar-refractivity contribution in [2.75, 3.05) is 10.5 Å². The maximum atomic E-state index is 11.6. The van der Waals surface area contributed by atoms with Gasteiger partial charge in [-0.05, 0) is 30.2 Å². The molecular formula is C17H18BrN2O2+. The summed E-state index contributed by atoms with van der Waals surface area (Å²) >= 11 is 3.31. The minimum absolute atomic E-state index is 0.0982. The number of pyridine rings is 1. The first kappa shape index (κ1) is 15.0. The summed E-state index contributed by atoms with van der Waals surface area (Å²) in [5, 5.41) is 0. The quantitative estimate of drug-likeness (QED) is 0.465. The van der Waals surface area contributed by atoms with E-state index in [1.165, 1.54) is 0 Å². The Morgan fingerprint density at radius 3 is 2.82 bits per heavy atom. The van der Waals surface area contributed by atoms with Gasteiger partial charge < -0.3 is 4.74 Å². The molecule has 0 radical (unpaired) electrons. The van der Waals surface area contributed by atoms with Crippen LogP contribution < -0.4 is 13.2 Å². The highest BCUT2D eigenvalue weighted by atomic mass is 79.9. The van der Waals surface area contributed by atoms with Gasteiger partial charge in [0, 0.05) is 25.0 Å². The zero-order chi connectivity index (χ0) is 15.4. The van der Waals surface area contributed by atoms with Crippen LogP contribution in [0.1, 0.15) is 18.4 Å². The summed E-state index contributed by atoms with van der Waals surface area (Å²) in [5.41, 5.74) is 2.06. The summed E-state index contributed by atoms with van der Waals surface area (Å²) in [5.74, 6) is 0.966. The first-order chi connectivity index (χ1) is 10.7. The van der Waals surface area contributed by atoms with Crippen LogP contribution in [0.4, 0.5) is 5.69 Å². The van der Waals surface area contributed by atoms with Crippen LogP contribution in [-0.2, 0) is 17.8 Å². The monoisotopic (exact) mass is 361 g/mol. The number of hydrogen-bond donors (Lipinski definition) is 0. The second-order valence-electron chi connectivity index (χ2n) is 5.28. The number of rotatable bonds is 5. The number of ether oxygens (including phenoxy) is 1. The maximum absolute atomic E-state index is 11.6. The number of carbonyl (C=O) groups excluding carboxylic acids is 1. The van der Waals surface area contributed by atoms with Crippen LogP contribution in [0.3, 0.4) is 0 Å². The van der Waals surface area contributed by atoms with Crippen molar-refractivity contribution in [2.24, 2.45) is 0 Å². The zero-order valence-electron chi connectivity index (χ0n) is 12.2. The van der Waals surface area contributed by atoms with E-state index in [4.69, 9.17) is 4.74 Å². The Morgan fingerprint density at radius 1 is 1.18 bits per heavy atom. The molecule has 22 heavy (non-hydrogen) atoms. The molecule has 1 aliphatic heterocycles. The molecule has 114 valence electrons. The van der Waals surface area contributed by atoms with E-state index in [0.717, 1.165) is 36.4 Å². The highest BCUT2D eigenvalue weighted by molar-refractivity contribution is 9.10. The van der Waals surface area contributed by atoms with Gasteiger partial charge in [-0.25, -0.2) is 8.49 Å². The van der Waals surface area contributed by atoms with Crippen molar-refractivity contribution in [3.05, 3.63) is 54.4 Å². The molecule has 4 nitrogen and oxygen atoms in total. The van der Waals surface area contributed by atoms with Gasteiger partial charge in [0.1, 0.15) is 5.75 Å². The molecule has 1 aromatic heterocycles. The van der Waals surface area contributed by atoms with E-state index in [-0.39, 0.29) is 5.91 Å². The molecule has 0 atom stereocenters. The lowest BCUT2D eigenvalue weighted by Crippen LogP contribution is -2.33. The zero-order valence-corrected chi connectivity index (χ0v) is 13.8. The van der Waals surface area contributed by atoms with Crippen molar-refractivity contribution >= 4 is 27.7 Å². The Balaban J connectivity index is 1.54. The van der Waals surface area contributed by atoms with Gasteiger partial charge >= 0.3 is 0 Å². The van der Waals surface area contributed by atoms with Crippen molar-refractivity contribution in [1.29, 1.82) is 0 Å². The third-order valence-corrected chi connectivity index (χ3v) is 4.47. The summed E-state index contributed by atoms with van der Waals surface area (Å²) < 4.78 is 9.51. The van der Waals surface area contributed by atoms with Gasteiger partial charge in [0.25, 0.3) is 0 Å². The number of benzene rings is 1. The molecule has 0 saturated carbocycles. The summed E-state index contributed by atoms with van der Waals surface area (Å²) in [4.78, 5) is 11.6. The van der Waals surface area contributed by atoms with Crippen LogP contribution in [0.15, 0.2) is 48.8 Å². The standard InChI is InChI=1S/C17H18BrN2O2/c18-20-16-7-6-15(13-14(16)5-8-17(20)21)22-12-4-11-19-9-2-1-3-10-19/h1-3,6-7,9-10,13H,4-5,8,11-12H2/q+1. The minimum Gasteiger partial charge on any atom is -0.493 e. The van der Waals surface area contributed by atoms with Gasteiger partial charge in [-0.1, -0.05) is 6.07 Å². The Hall–Kier alpha value is -1.88. The van der Waals surface area contributed by atoms with Gasteiger partial charge in [0.05, 0.1) is 28.4 Å². The normalized spacial score (nSPS) is 13.9. The fraction of sp³-hybridized carbons (Fsp3) is 0.294. The molecule has 0 bridgehead atoms. The maximum Gasteiger partial charge on any atom is 0.237 e. The largest absolute Gasteiger partial charge is 0.493 e. The van der Waals surface area contributed by atoms with Crippen LogP contribution in [0.25, 0.3) is 0 Å². The molecule has 0 saturated heterocycles. The van der Waals surface area contributed by atoms with Gasteiger partial charge in [-0.3, -0.25) is 4.79 Å². The molecule has 1 amide bonds. The summed E-state index contributed by atoms with van der Waals surface area (Å²) in [7, 11) is 0. The third kappa shape index (κ3) is 3.47. The molecule has 1 aliphatic rings. The number of halogens is 1. The van der Waals surface area contributed by atoms with Gasteiger partial charge in [-0.2, -0.15) is 0 Å². The first-order valence-electron chi connectivity index (χ1n) is 7.42. The number of aromatic nitrogens is 1. The summed E-state index contributed by atoms with van der Waals surface area (Å²) in [6.45, 7) is 1.62. The lowest BCUT2D eigenvalue weighted by molar-refractivity contribution is -0.697. The number of anilines is 1. The molecule has 0 spiro atoms. The second-order valence-corrected chi connectivity index (χ2v) is 5.99. The van der Waals surface area contributed by atoms with E-state index in [1.807, 2.05) is 36.4 Å². The number of nitrogens with zero attached hydrogens (tertiary/aromatic N) is 2. The van der Waals surface area contributed by atoms with E-state index in [2.05, 4.69) is 33.1 Å². The average Bonchev–Trinajstić information content (AvgIpc) is 2.56. The molecule has 0 fully saturated rings. The Bertz CT molecular complexity index is 661. The molecule has 3 rings (SSSR count). The number of aryl methyl sites for hydroxylation is 2. The van der Waals surface area contributed by atoms with Crippen molar-refractivity contribution in [3.8, 4) is 5.75 Å². The highest BCUT2D eigenvalue weighted by Crippen LogP contribution is 2.32. The number of carbonyl (C=O) groups is 1. The second kappa shape index (κ2) is 6.92. The van der Waals surface area contributed by atoms with Crippen molar-refractivity contribution in [3.63, 3.8) is 0 Å². The molecule has 5 heteroatoms. The lowest BCUT2D eigenvalue weighted by atomic mass is 10.0.